The largest absolute Gasteiger partial charge is 0.317 e. The zero-order valence-corrected chi connectivity index (χ0v) is 9.13. The molecule has 0 bridgehead atoms. The van der Waals surface area contributed by atoms with Crippen molar-refractivity contribution in [3.05, 3.63) is 11.6 Å². The van der Waals surface area contributed by atoms with Gasteiger partial charge in [-0.3, -0.25) is 4.79 Å². The molecule has 3 nitrogen and oxygen atoms in total. The van der Waals surface area contributed by atoms with Crippen molar-refractivity contribution in [1.29, 1.82) is 0 Å². The predicted molar refractivity (Wildman–Crippen MR) is 59.0 cm³/mol. The number of hydrogen-bond donors (Lipinski definition) is 0. The molecule has 2 aliphatic rings. The first-order valence-corrected chi connectivity index (χ1v) is 6.21. The van der Waals surface area contributed by atoms with Crippen LogP contribution >= 0.6 is 11.8 Å². The second kappa shape index (κ2) is 4.84. The van der Waals surface area contributed by atoms with Crippen molar-refractivity contribution in [2.24, 2.45) is 0 Å². The van der Waals surface area contributed by atoms with E-state index < -0.39 is 0 Å². The standard InChI is InChI=1S/C10H16N2OS/c13-10-9-14-8-7-12(10)6-5-11-3-1-2-4-11/h7-8H,1-6,9H2. The van der Waals surface area contributed by atoms with Crippen LogP contribution in [0.3, 0.4) is 0 Å². The lowest BCUT2D eigenvalue weighted by molar-refractivity contribution is -0.126. The van der Waals surface area contributed by atoms with Crippen LogP contribution < -0.4 is 0 Å². The topological polar surface area (TPSA) is 23.6 Å². The first-order chi connectivity index (χ1) is 6.86. The summed E-state index contributed by atoms with van der Waals surface area (Å²) in [6.45, 7) is 4.30. The number of carbonyl (C=O) groups is 1. The molecule has 4 heteroatoms. The number of carbonyl (C=O) groups excluding carboxylic acids is 1. The Morgan fingerprint density at radius 2 is 2.07 bits per heavy atom. The van der Waals surface area contributed by atoms with Gasteiger partial charge >= 0.3 is 0 Å². The van der Waals surface area contributed by atoms with Crippen molar-refractivity contribution in [3.63, 3.8) is 0 Å². The number of likely N-dealkylation sites (tertiary alicyclic amines) is 1. The molecule has 0 radical (unpaired) electrons. The normalized spacial score (nSPS) is 23.4. The first-order valence-electron chi connectivity index (χ1n) is 5.16. The van der Waals surface area contributed by atoms with Gasteiger partial charge in [0.2, 0.25) is 5.91 Å². The quantitative estimate of drug-likeness (QED) is 0.700. The molecule has 2 heterocycles. The first kappa shape index (κ1) is 10.1. The lowest BCUT2D eigenvalue weighted by Gasteiger charge is -2.24. The number of amides is 1. The minimum Gasteiger partial charge on any atom is -0.317 e. The van der Waals surface area contributed by atoms with Crippen LogP contribution in [-0.4, -0.2) is 47.6 Å². The molecule has 0 aromatic heterocycles. The number of rotatable bonds is 3. The molecular formula is C10H16N2OS. The SMILES string of the molecule is O=C1CSC=CN1CCN1CCCC1. The zero-order valence-electron chi connectivity index (χ0n) is 8.32. The Kier molecular flexibility index (Phi) is 3.48. The van der Waals surface area contributed by atoms with Gasteiger partial charge in [-0.25, -0.2) is 0 Å². The second-order valence-corrected chi connectivity index (χ2v) is 4.63. The molecule has 2 rings (SSSR count). The summed E-state index contributed by atoms with van der Waals surface area (Å²) in [6.07, 6.45) is 4.55. The lowest BCUT2D eigenvalue weighted by atomic mass is 10.4. The Morgan fingerprint density at radius 3 is 2.79 bits per heavy atom. The van der Waals surface area contributed by atoms with Gasteiger partial charge in [0.15, 0.2) is 0 Å². The molecule has 2 aliphatic heterocycles. The van der Waals surface area contributed by atoms with Crippen LogP contribution in [0.2, 0.25) is 0 Å². The average Bonchev–Trinajstić information content (AvgIpc) is 2.69. The lowest BCUT2D eigenvalue weighted by Crippen LogP contribution is -2.36. The Labute approximate surface area is 89.1 Å². The average molecular weight is 212 g/mol. The van der Waals surface area contributed by atoms with Gasteiger partial charge in [0.05, 0.1) is 5.75 Å². The highest BCUT2D eigenvalue weighted by Crippen LogP contribution is 2.13. The van der Waals surface area contributed by atoms with E-state index in [0.717, 1.165) is 13.1 Å². The Bertz CT molecular complexity index is 236. The molecule has 0 N–H and O–H groups in total. The van der Waals surface area contributed by atoms with E-state index in [9.17, 15) is 4.79 Å². The summed E-state index contributed by atoms with van der Waals surface area (Å²) in [5.74, 6) is 0.855. The molecule has 0 spiro atoms. The van der Waals surface area contributed by atoms with Gasteiger partial charge in [0.1, 0.15) is 0 Å². The fourth-order valence-corrected chi connectivity index (χ4v) is 2.49. The molecule has 78 valence electrons. The third-order valence-corrected chi connectivity index (χ3v) is 3.45. The highest BCUT2D eigenvalue weighted by Gasteiger charge is 2.16. The summed E-state index contributed by atoms with van der Waals surface area (Å²) in [7, 11) is 0. The van der Waals surface area contributed by atoms with Crippen LogP contribution in [0.5, 0.6) is 0 Å². The van der Waals surface area contributed by atoms with Crippen molar-refractivity contribution in [3.8, 4) is 0 Å². The van der Waals surface area contributed by atoms with Gasteiger partial charge in [0.25, 0.3) is 0 Å². The predicted octanol–water partition coefficient (Wildman–Crippen LogP) is 1.13. The van der Waals surface area contributed by atoms with E-state index in [-0.39, 0.29) is 5.91 Å². The van der Waals surface area contributed by atoms with E-state index in [1.807, 2.05) is 16.5 Å². The van der Waals surface area contributed by atoms with Gasteiger partial charge in [-0.2, -0.15) is 0 Å². The maximum absolute atomic E-state index is 11.4. The molecule has 0 aliphatic carbocycles. The summed E-state index contributed by atoms with van der Waals surface area (Å²) in [6, 6.07) is 0. The van der Waals surface area contributed by atoms with E-state index in [2.05, 4.69) is 4.90 Å². The van der Waals surface area contributed by atoms with Crippen molar-refractivity contribution < 1.29 is 4.79 Å². The van der Waals surface area contributed by atoms with Crippen molar-refractivity contribution in [2.45, 2.75) is 12.8 Å². The molecule has 0 atom stereocenters. The Morgan fingerprint density at radius 1 is 1.29 bits per heavy atom. The Balaban J connectivity index is 1.75. The molecule has 1 saturated heterocycles. The van der Waals surface area contributed by atoms with Gasteiger partial charge in [-0.15, -0.1) is 11.8 Å². The van der Waals surface area contributed by atoms with Crippen LogP contribution in [0.1, 0.15) is 12.8 Å². The van der Waals surface area contributed by atoms with E-state index in [1.165, 1.54) is 25.9 Å². The molecule has 0 aromatic rings. The summed E-state index contributed by atoms with van der Waals surface area (Å²) in [5, 5.41) is 2.01. The molecule has 0 saturated carbocycles. The van der Waals surface area contributed by atoms with Crippen molar-refractivity contribution in [2.75, 3.05) is 31.9 Å². The van der Waals surface area contributed by atoms with Crippen LogP contribution in [0.25, 0.3) is 0 Å². The molecule has 1 fully saturated rings. The van der Waals surface area contributed by atoms with Gasteiger partial charge in [-0.1, -0.05) is 0 Å². The smallest absolute Gasteiger partial charge is 0.236 e. The van der Waals surface area contributed by atoms with Gasteiger partial charge < -0.3 is 9.80 Å². The van der Waals surface area contributed by atoms with Crippen LogP contribution in [0, 0.1) is 0 Å². The van der Waals surface area contributed by atoms with Crippen LogP contribution in [-0.2, 0) is 4.79 Å². The maximum atomic E-state index is 11.4. The highest BCUT2D eigenvalue weighted by atomic mass is 32.2. The summed E-state index contributed by atoms with van der Waals surface area (Å²) in [5.41, 5.74) is 0. The molecule has 1 amide bonds. The minimum atomic E-state index is 0.247. The minimum absolute atomic E-state index is 0.247. The molecule has 0 aromatic carbocycles. The second-order valence-electron chi connectivity index (χ2n) is 3.73. The van der Waals surface area contributed by atoms with E-state index in [4.69, 9.17) is 0 Å². The number of nitrogens with zero attached hydrogens (tertiary/aromatic N) is 2. The van der Waals surface area contributed by atoms with Crippen LogP contribution in [0.15, 0.2) is 11.6 Å². The third-order valence-electron chi connectivity index (χ3n) is 2.72. The van der Waals surface area contributed by atoms with E-state index >= 15 is 0 Å². The zero-order chi connectivity index (χ0) is 9.80. The summed E-state index contributed by atoms with van der Waals surface area (Å²) in [4.78, 5) is 15.7. The Hall–Kier alpha value is -0.480. The van der Waals surface area contributed by atoms with E-state index in [1.54, 1.807) is 11.8 Å². The number of thioether (sulfide) groups is 1. The summed E-state index contributed by atoms with van der Waals surface area (Å²) >= 11 is 1.58. The maximum Gasteiger partial charge on any atom is 0.236 e. The fourth-order valence-electron chi connectivity index (χ4n) is 1.86. The number of hydrogen-bond acceptors (Lipinski definition) is 3. The van der Waals surface area contributed by atoms with Crippen molar-refractivity contribution >= 4 is 17.7 Å². The van der Waals surface area contributed by atoms with E-state index in [0.29, 0.717) is 5.75 Å². The molecule has 14 heavy (non-hydrogen) atoms. The van der Waals surface area contributed by atoms with Gasteiger partial charge in [-0.05, 0) is 31.3 Å². The molecular weight excluding hydrogens is 196 g/mol. The van der Waals surface area contributed by atoms with Crippen molar-refractivity contribution in [1.82, 2.24) is 9.80 Å². The monoisotopic (exact) mass is 212 g/mol. The molecule has 0 unspecified atom stereocenters. The fraction of sp³-hybridized carbons (Fsp3) is 0.700. The van der Waals surface area contributed by atoms with Gasteiger partial charge in [0, 0.05) is 19.3 Å². The highest BCUT2D eigenvalue weighted by molar-refractivity contribution is 8.02. The summed E-state index contributed by atoms with van der Waals surface area (Å²) < 4.78 is 0. The van der Waals surface area contributed by atoms with Crippen LogP contribution in [0.4, 0.5) is 0 Å². The third kappa shape index (κ3) is 2.51.